The van der Waals surface area contributed by atoms with E-state index in [2.05, 4.69) is 5.32 Å². The third-order valence-corrected chi connectivity index (χ3v) is 3.59. The molecule has 20 heavy (non-hydrogen) atoms. The third-order valence-electron chi connectivity index (χ3n) is 3.59. The Morgan fingerprint density at radius 2 is 1.85 bits per heavy atom. The van der Waals surface area contributed by atoms with Gasteiger partial charge in [-0.2, -0.15) is 0 Å². The quantitative estimate of drug-likeness (QED) is 0.842. The number of benzene rings is 2. The summed E-state index contributed by atoms with van der Waals surface area (Å²) in [5.74, 6) is -0.715. The summed E-state index contributed by atoms with van der Waals surface area (Å²) in [7, 11) is 0. The maximum Gasteiger partial charge on any atom is 0.228 e. The van der Waals surface area contributed by atoms with E-state index in [0.29, 0.717) is 17.7 Å². The van der Waals surface area contributed by atoms with E-state index >= 15 is 0 Å². The van der Waals surface area contributed by atoms with Gasteiger partial charge >= 0.3 is 0 Å². The minimum absolute atomic E-state index is 0.0314. The first-order chi connectivity index (χ1) is 9.66. The summed E-state index contributed by atoms with van der Waals surface area (Å²) in [6.07, 6.45) is 0.639. The predicted molar refractivity (Wildman–Crippen MR) is 74.0 cm³/mol. The van der Waals surface area contributed by atoms with Gasteiger partial charge in [0.1, 0.15) is 11.6 Å². The number of carbonyl (C=O) groups is 1. The van der Waals surface area contributed by atoms with E-state index in [1.54, 1.807) is 36.4 Å². The molecule has 1 aliphatic carbocycles. The number of aromatic hydroxyl groups is 1. The topological polar surface area (TPSA) is 49.3 Å². The number of hydrogen-bond acceptors (Lipinski definition) is 2. The van der Waals surface area contributed by atoms with Crippen LogP contribution < -0.4 is 5.32 Å². The van der Waals surface area contributed by atoms with E-state index < -0.39 is 0 Å². The molecule has 2 N–H and O–H groups in total. The van der Waals surface area contributed by atoms with Crippen molar-refractivity contribution < 1.29 is 14.3 Å². The van der Waals surface area contributed by atoms with Crippen molar-refractivity contribution >= 4 is 11.6 Å². The van der Waals surface area contributed by atoms with Gasteiger partial charge in [-0.05, 0) is 36.1 Å². The van der Waals surface area contributed by atoms with Crippen LogP contribution in [0.3, 0.4) is 0 Å². The molecule has 0 spiro atoms. The molecule has 3 nitrogen and oxygen atoms in total. The highest BCUT2D eigenvalue weighted by atomic mass is 19.1. The van der Waals surface area contributed by atoms with Crippen molar-refractivity contribution in [2.24, 2.45) is 5.92 Å². The van der Waals surface area contributed by atoms with Gasteiger partial charge in [0, 0.05) is 5.92 Å². The Labute approximate surface area is 116 Å². The molecule has 102 valence electrons. The van der Waals surface area contributed by atoms with Crippen molar-refractivity contribution in [1.82, 2.24) is 0 Å². The summed E-state index contributed by atoms with van der Waals surface area (Å²) in [5.41, 5.74) is 0.974. The Bertz CT molecular complexity index is 656. The molecule has 0 radical (unpaired) electrons. The Hall–Kier alpha value is -2.36. The largest absolute Gasteiger partial charge is 0.506 e. The zero-order valence-electron chi connectivity index (χ0n) is 10.7. The minimum Gasteiger partial charge on any atom is -0.506 e. The monoisotopic (exact) mass is 271 g/mol. The second-order valence-electron chi connectivity index (χ2n) is 4.98. The lowest BCUT2D eigenvalue weighted by atomic mass is 10.1. The molecule has 2 aromatic rings. The van der Waals surface area contributed by atoms with Crippen LogP contribution >= 0.6 is 0 Å². The van der Waals surface area contributed by atoms with Crippen molar-refractivity contribution in [2.45, 2.75) is 12.3 Å². The summed E-state index contributed by atoms with van der Waals surface area (Å²) in [6, 6.07) is 13.1. The van der Waals surface area contributed by atoms with E-state index in [0.717, 1.165) is 0 Å². The van der Waals surface area contributed by atoms with E-state index in [1.165, 1.54) is 12.1 Å². The summed E-state index contributed by atoms with van der Waals surface area (Å²) >= 11 is 0. The fraction of sp³-hybridized carbons (Fsp3) is 0.188. The van der Waals surface area contributed by atoms with Gasteiger partial charge in [0.05, 0.1) is 5.69 Å². The number of amides is 1. The molecule has 2 aromatic carbocycles. The highest BCUT2D eigenvalue weighted by molar-refractivity contribution is 5.96. The first-order valence-electron chi connectivity index (χ1n) is 6.50. The SMILES string of the molecule is O=C(Nc1ccccc1O)[C@@H]1C[C@@H]1c1ccccc1F. The fourth-order valence-electron chi connectivity index (χ4n) is 2.41. The average Bonchev–Trinajstić information content (AvgIpc) is 3.22. The first-order valence-corrected chi connectivity index (χ1v) is 6.50. The van der Waals surface area contributed by atoms with Crippen LogP contribution in [-0.2, 0) is 4.79 Å². The molecular formula is C16H14FNO2. The van der Waals surface area contributed by atoms with Crippen LogP contribution in [0.25, 0.3) is 0 Å². The maximum absolute atomic E-state index is 13.6. The number of rotatable bonds is 3. The van der Waals surface area contributed by atoms with E-state index in [9.17, 15) is 14.3 Å². The van der Waals surface area contributed by atoms with Crippen LogP contribution in [0.5, 0.6) is 5.75 Å². The molecular weight excluding hydrogens is 257 g/mol. The van der Waals surface area contributed by atoms with Gasteiger partial charge in [0.15, 0.2) is 0 Å². The molecule has 3 rings (SSSR count). The second kappa shape index (κ2) is 4.96. The van der Waals surface area contributed by atoms with Crippen molar-refractivity contribution in [2.75, 3.05) is 5.32 Å². The molecule has 0 unspecified atom stereocenters. The summed E-state index contributed by atoms with van der Waals surface area (Å²) in [5, 5.41) is 12.3. The van der Waals surface area contributed by atoms with Gasteiger partial charge in [0.2, 0.25) is 5.91 Å². The van der Waals surface area contributed by atoms with Crippen LogP contribution in [0.15, 0.2) is 48.5 Å². The van der Waals surface area contributed by atoms with Crippen LogP contribution in [0.2, 0.25) is 0 Å². The van der Waals surface area contributed by atoms with E-state index in [1.807, 2.05) is 0 Å². The minimum atomic E-state index is -0.268. The lowest BCUT2D eigenvalue weighted by molar-refractivity contribution is -0.117. The normalized spacial score (nSPS) is 20.4. The summed E-state index contributed by atoms with van der Waals surface area (Å²) < 4.78 is 13.6. The van der Waals surface area contributed by atoms with Crippen LogP contribution in [0.4, 0.5) is 10.1 Å². The molecule has 1 saturated carbocycles. The fourth-order valence-corrected chi connectivity index (χ4v) is 2.41. The molecule has 0 aliphatic heterocycles. The van der Waals surface area contributed by atoms with Gasteiger partial charge in [-0.3, -0.25) is 4.79 Å². The van der Waals surface area contributed by atoms with Crippen molar-refractivity contribution in [3.63, 3.8) is 0 Å². The second-order valence-corrected chi connectivity index (χ2v) is 4.98. The number of phenols is 1. The van der Waals surface area contributed by atoms with Crippen LogP contribution in [0, 0.1) is 11.7 Å². The summed E-state index contributed by atoms with van der Waals surface area (Å²) in [6.45, 7) is 0. The Balaban J connectivity index is 1.69. The first kappa shape index (κ1) is 12.7. The zero-order chi connectivity index (χ0) is 14.1. The van der Waals surface area contributed by atoms with E-state index in [-0.39, 0.29) is 29.3 Å². The number of hydrogen-bond donors (Lipinski definition) is 2. The number of carbonyl (C=O) groups excluding carboxylic acids is 1. The number of phenolic OH excluding ortho intramolecular Hbond substituents is 1. The van der Waals surface area contributed by atoms with E-state index in [4.69, 9.17) is 0 Å². The molecule has 0 saturated heterocycles. The zero-order valence-corrected chi connectivity index (χ0v) is 10.7. The standard InChI is InChI=1S/C16H14FNO2/c17-13-6-2-1-5-10(13)11-9-12(11)16(20)18-14-7-3-4-8-15(14)19/h1-8,11-12,19H,9H2,(H,18,20)/t11-,12-/m1/s1. The van der Waals surface area contributed by atoms with Gasteiger partial charge < -0.3 is 10.4 Å². The van der Waals surface area contributed by atoms with Crippen molar-refractivity contribution in [3.8, 4) is 5.75 Å². The van der Waals surface area contributed by atoms with Gasteiger partial charge in [0.25, 0.3) is 0 Å². The number of nitrogens with one attached hydrogen (secondary N) is 1. The maximum atomic E-state index is 13.6. The van der Waals surface area contributed by atoms with Gasteiger partial charge in [-0.1, -0.05) is 30.3 Å². The molecule has 2 atom stereocenters. The van der Waals surface area contributed by atoms with Crippen molar-refractivity contribution in [3.05, 3.63) is 59.9 Å². The molecule has 1 amide bonds. The highest BCUT2D eigenvalue weighted by Crippen LogP contribution is 2.48. The Kier molecular flexibility index (Phi) is 3.14. The number of anilines is 1. The smallest absolute Gasteiger partial charge is 0.228 e. The lowest BCUT2D eigenvalue weighted by Crippen LogP contribution is -2.14. The third kappa shape index (κ3) is 2.37. The molecule has 0 heterocycles. The van der Waals surface area contributed by atoms with Crippen LogP contribution in [-0.4, -0.2) is 11.0 Å². The Morgan fingerprint density at radius 3 is 2.60 bits per heavy atom. The van der Waals surface area contributed by atoms with Crippen molar-refractivity contribution in [1.29, 1.82) is 0 Å². The van der Waals surface area contributed by atoms with Crippen LogP contribution in [0.1, 0.15) is 17.9 Å². The molecule has 0 aromatic heterocycles. The Morgan fingerprint density at radius 1 is 1.15 bits per heavy atom. The average molecular weight is 271 g/mol. The molecule has 1 aliphatic rings. The van der Waals surface area contributed by atoms with Gasteiger partial charge in [-0.15, -0.1) is 0 Å². The lowest BCUT2D eigenvalue weighted by Gasteiger charge is -2.07. The number of halogens is 1. The molecule has 1 fully saturated rings. The molecule has 0 bridgehead atoms. The highest BCUT2D eigenvalue weighted by Gasteiger charge is 2.45. The molecule has 4 heteroatoms. The summed E-state index contributed by atoms with van der Waals surface area (Å²) in [4.78, 5) is 12.1. The van der Waals surface area contributed by atoms with Gasteiger partial charge in [-0.25, -0.2) is 4.39 Å². The predicted octanol–water partition coefficient (Wildman–Crippen LogP) is 3.27. The number of para-hydroxylation sites is 2.